The largest absolute Gasteiger partial charge is 0.493 e. The Morgan fingerprint density at radius 1 is 1.33 bits per heavy atom. The summed E-state index contributed by atoms with van der Waals surface area (Å²) < 4.78 is 5.79. The summed E-state index contributed by atoms with van der Waals surface area (Å²) in [5.74, 6) is 0.876. The van der Waals surface area contributed by atoms with Gasteiger partial charge in [-0.15, -0.1) is 0 Å². The molecule has 0 aliphatic rings. The second kappa shape index (κ2) is 6.21. The van der Waals surface area contributed by atoms with Crippen molar-refractivity contribution in [2.45, 2.75) is 26.3 Å². The van der Waals surface area contributed by atoms with Crippen molar-refractivity contribution in [2.75, 3.05) is 6.61 Å². The predicted octanol–water partition coefficient (Wildman–Crippen LogP) is 2.71. The van der Waals surface area contributed by atoms with Crippen LogP contribution in [0.1, 0.15) is 25.5 Å². The van der Waals surface area contributed by atoms with E-state index < -0.39 is 0 Å². The van der Waals surface area contributed by atoms with Crippen molar-refractivity contribution in [1.29, 1.82) is 0 Å². The normalized spacial score (nSPS) is 10.6. The first kappa shape index (κ1) is 12.6. The van der Waals surface area contributed by atoms with Crippen LogP contribution in [-0.4, -0.2) is 16.8 Å². The molecule has 96 valence electrons. The average Bonchev–Trinajstić information content (AvgIpc) is 2.88. The van der Waals surface area contributed by atoms with E-state index in [9.17, 15) is 0 Å². The Morgan fingerprint density at radius 3 is 2.89 bits per heavy atom. The molecule has 2 aromatic rings. The zero-order valence-electron chi connectivity index (χ0n) is 10.6. The number of nitrogens with zero attached hydrogens (tertiary/aromatic N) is 1. The molecule has 0 radical (unpaired) electrons. The van der Waals surface area contributed by atoms with Crippen LogP contribution in [0.25, 0.3) is 11.3 Å². The highest BCUT2D eigenvalue weighted by Gasteiger charge is 2.08. The number of hydrogen-bond donors (Lipinski definition) is 2. The molecule has 0 unspecified atom stereocenters. The van der Waals surface area contributed by atoms with E-state index in [1.54, 1.807) is 0 Å². The summed E-state index contributed by atoms with van der Waals surface area (Å²) in [6.07, 6.45) is 2.19. The molecule has 0 fully saturated rings. The van der Waals surface area contributed by atoms with Crippen LogP contribution in [-0.2, 0) is 6.54 Å². The van der Waals surface area contributed by atoms with Crippen molar-refractivity contribution >= 4 is 0 Å². The van der Waals surface area contributed by atoms with Crippen LogP contribution >= 0.6 is 0 Å². The molecular weight excluding hydrogens is 226 g/mol. The fourth-order valence-electron chi connectivity index (χ4n) is 1.73. The highest BCUT2D eigenvalue weighted by Crippen LogP contribution is 2.28. The third kappa shape index (κ3) is 2.90. The molecule has 0 amide bonds. The molecule has 0 saturated carbocycles. The SMILES string of the molecule is CCCCOc1ccccc1-c1cc(CN)[nH]n1. The molecule has 3 N–H and O–H groups in total. The van der Waals surface area contributed by atoms with Crippen LogP contribution in [0.3, 0.4) is 0 Å². The zero-order valence-corrected chi connectivity index (χ0v) is 10.6. The second-order valence-electron chi connectivity index (χ2n) is 4.18. The van der Waals surface area contributed by atoms with Gasteiger partial charge < -0.3 is 10.5 Å². The van der Waals surface area contributed by atoms with Gasteiger partial charge in [0.05, 0.1) is 12.3 Å². The van der Waals surface area contributed by atoms with Crippen molar-refractivity contribution in [3.8, 4) is 17.0 Å². The van der Waals surface area contributed by atoms with Gasteiger partial charge in [0.25, 0.3) is 0 Å². The fourth-order valence-corrected chi connectivity index (χ4v) is 1.73. The highest BCUT2D eigenvalue weighted by molar-refractivity contribution is 5.67. The number of unbranched alkanes of at least 4 members (excludes halogenated alkanes) is 1. The number of H-pyrrole nitrogens is 1. The van der Waals surface area contributed by atoms with Crippen molar-refractivity contribution in [3.63, 3.8) is 0 Å². The fraction of sp³-hybridized carbons (Fsp3) is 0.357. The Kier molecular flexibility index (Phi) is 4.36. The smallest absolute Gasteiger partial charge is 0.128 e. The third-order valence-corrected chi connectivity index (χ3v) is 2.77. The topological polar surface area (TPSA) is 63.9 Å². The molecule has 1 aromatic carbocycles. The summed E-state index contributed by atoms with van der Waals surface area (Å²) >= 11 is 0. The van der Waals surface area contributed by atoms with E-state index in [1.165, 1.54) is 0 Å². The Balaban J connectivity index is 2.20. The molecule has 0 spiro atoms. The molecule has 1 aromatic heterocycles. The maximum atomic E-state index is 5.79. The lowest BCUT2D eigenvalue weighted by atomic mass is 10.1. The average molecular weight is 245 g/mol. The minimum atomic E-state index is 0.464. The maximum Gasteiger partial charge on any atom is 0.128 e. The molecule has 2 rings (SSSR count). The van der Waals surface area contributed by atoms with Gasteiger partial charge in [0.2, 0.25) is 0 Å². The summed E-state index contributed by atoms with van der Waals surface area (Å²) in [5, 5.41) is 7.18. The lowest BCUT2D eigenvalue weighted by molar-refractivity contribution is 0.310. The molecule has 18 heavy (non-hydrogen) atoms. The quantitative estimate of drug-likeness (QED) is 0.769. The van der Waals surface area contributed by atoms with Gasteiger partial charge in [-0.1, -0.05) is 25.5 Å². The van der Waals surface area contributed by atoms with E-state index in [1.807, 2.05) is 30.3 Å². The van der Waals surface area contributed by atoms with E-state index in [2.05, 4.69) is 17.1 Å². The Labute approximate surface area is 107 Å². The van der Waals surface area contributed by atoms with Crippen LogP contribution in [0.5, 0.6) is 5.75 Å². The highest BCUT2D eigenvalue weighted by atomic mass is 16.5. The van der Waals surface area contributed by atoms with E-state index in [0.717, 1.165) is 42.1 Å². The predicted molar refractivity (Wildman–Crippen MR) is 72.3 cm³/mol. The summed E-state index contributed by atoms with van der Waals surface area (Å²) in [6, 6.07) is 9.90. The number of aromatic nitrogens is 2. The van der Waals surface area contributed by atoms with Gasteiger partial charge in [-0.25, -0.2) is 0 Å². The van der Waals surface area contributed by atoms with Crippen molar-refractivity contribution in [3.05, 3.63) is 36.0 Å². The minimum absolute atomic E-state index is 0.464. The Morgan fingerprint density at radius 2 is 2.17 bits per heavy atom. The number of nitrogens with two attached hydrogens (primary N) is 1. The number of rotatable bonds is 6. The monoisotopic (exact) mass is 245 g/mol. The first-order chi connectivity index (χ1) is 8.85. The van der Waals surface area contributed by atoms with Gasteiger partial charge >= 0.3 is 0 Å². The first-order valence-corrected chi connectivity index (χ1v) is 6.31. The number of para-hydroxylation sites is 1. The molecule has 0 aliphatic carbocycles. The number of aromatic amines is 1. The van der Waals surface area contributed by atoms with E-state index in [4.69, 9.17) is 10.5 Å². The van der Waals surface area contributed by atoms with Crippen molar-refractivity contribution in [2.24, 2.45) is 5.73 Å². The molecule has 1 heterocycles. The van der Waals surface area contributed by atoms with Gasteiger partial charge in [-0.05, 0) is 24.6 Å². The minimum Gasteiger partial charge on any atom is -0.493 e. The molecule has 0 atom stereocenters. The second-order valence-corrected chi connectivity index (χ2v) is 4.18. The Hall–Kier alpha value is -1.81. The van der Waals surface area contributed by atoms with Crippen LogP contribution in [0.15, 0.2) is 30.3 Å². The maximum absolute atomic E-state index is 5.79. The van der Waals surface area contributed by atoms with Gasteiger partial charge in [0.15, 0.2) is 0 Å². The van der Waals surface area contributed by atoms with Crippen molar-refractivity contribution in [1.82, 2.24) is 10.2 Å². The molecule has 0 aliphatic heterocycles. The van der Waals surface area contributed by atoms with E-state index in [0.29, 0.717) is 6.54 Å². The number of ether oxygens (including phenoxy) is 1. The van der Waals surface area contributed by atoms with Crippen LogP contribution in [0.2, 0.25) is 0 Å². The number of benzene rings is 1. The lowest BCUT2D eigenvalue weighted by Gasteiger charge is -2.09. The molecule has 0 saturated heterocycles. The Bertz CT molecular complexity index is 493. The number of nitrogens with one attached hydrogen (secondary N) is 1. The van der Waals surface area contributed by atoms with Gasteiger partial charge in [-0.3, -0.25) is 5.10 Å². The third-order valence-electron chi connectivity index (χ3n) is 2.77. The van der Waals surface area contributed by atoms with Gasteiger partial charge in [0, 0.05) is 17.8 Å². The zero-order chi connectivity index (χ0) is 12.8. The van der Waals surface area contributed by atoms with Gasteiger partial charge in [-0.2, -0.15) is 5.10 Å². The van der Waals surface area contributed by atoms with E-state index in [-0.39, 0.29) is 0 Å². The molecule has 4 nitrogen and oxygen atoms in total. The summed E-state index contributed by atoms with van der Waals surface area (Å²) in [4.78, 5) is 0. The summed E-state index contributed by atoms with van der Waals surface area (Å²) in [7, 11) is 0. The van der Waals surface area contributed by atoms with Crippen LogP contribution in [0, 0.1) is 0 Å². The molecule has 4 heteroatoms. The summed E-state index contributed by atoms with van der Waals surface area (Å²) in [5.41, 5.74) is 8.38. The van der Waals surface area contributed by atoms with Crippen LogP contribution < -0.4 is 10.5 Å². The number of hydrogen-bond acceptors (Lipinski definition) is 3. The van der Waals surface area contributed by atoms with E-state index >= 15 is 0 Å². The van der Waals surface area contributed by atoms with Gasteiger partial charge in [0.1, 0.15) is 5.75 Å². The molecular formula is C14H19N3O. The standard InChI is InChI=1S/C14H19N3O/c1-2-3-8-18-14-7-5-4-6-12(14)13-9-11(10-15)16-17-13/h4-7,9H,2-3,8,10,15H2,1H3,(H,16,17). The lowest BCUT2D eigenvalue weighted by Crippen LogP contribution is -1.98. The van der Waals surface area contributed by atoms with Crippen molar-refractivity contribution < 1.29 is 4.74 Å². The first-order valence-electron chi connectivity index (χ1n) is 6.31. The van der Waals surface area contributed by atoms with Crippen LogP contribution in [0.4, 0.5) is 0 Å². The summed E-state index contributed by atoms with van der Waals surface area (Å²) in [6.45, 7) is 3.35. The molecule has 0 bridgehead atoms.